The van der Waals surface area contributed by atoms with E-state index in [1.165, 1.54) is 7.11 Å². The summed E-state index contributed by atoms with van der Waals surface area (Å²) in [5.41, 5.74) is 1.56. The number of hydrogen-bond acceptors (Lipinski definition) is 7. The van der Waals surface area contributed by atoms with Gasteiger partial charge in [-0.15, -0.1) is 0 Å². The molecule has 0 aromatic heterocycles. The molecule has 1 aliphatic rings. The molecular formula is C23H22N2O5. The maximum Gasteiger partial charge on any atom is 0.363 e. The summed E-state index contributed by atoms with van der Waals surface area (Å²) in [4.78, 5) is 16.6. The van der Waals surface area contributed by atoms with E-state index in [0.29, 0.717) is 29.2 Å². The molecule has 3 rings (SSSR count). The van der Waals surface area contributed by atoms with Crippen molar-refractivity contribution in [2.24, 2.45) is 4.99 Å². The lowest BCUT2D eigenvalue weighted by molar-refractivity contribution is -0.129. The number of esters is 1. The molecule has 7 heteroatoms. The summed E-state index contributed by atoms with van der Waals surface area (Å²) in [6.07, 6.45) is 3.67. The van der Waals surface area contributed by atoms with Gasteiger partial charge < -0.3 is 18.9 Å². The summed E-state index contributed by atoms with van der Waals surface area (Å²) < 4.78 is 21.5. The van der Waals surface area contributed by atoms with Crippen LogP contribution < -0.4 is 14.2 Å². The maximum atomic E-state index is 12.2. The van der Waals surface area contributed by atoms with Crippen molar-refractivity contribution in [2.75, 3.05) is 20.3 Å². The van der Waals surface area contributed by atoms with Crippen LogP contribution >= 0.6 is 0 Å². The summed E-state index contributed by atoms with van der Waals surface area (Å²) in [7, 11) is 1.50. The van der Waals surface area contributed by atoms with Crippen LogP contribution in [0.2, 0.25) is 0 Å². The van der Waals surface area contributed by atoms with Crippen LogP contribution in [0.4, 0.5) is 0 Å². The standard InChI is InChI=1S/C23H22N2O5/c1-3-4-12-28-18-8-6-17(7-9-18)22-25-19(23(26)30-22)14-16-5-10-20(29-13-11-24)21(15-16)27-2/h5-10,14-15H,3-4,12-13H2,1-2H3/b19-14+. The fourth-order valence-corrected chi connectivity index (χ4v) is 2.72. The van der Waals surface area contributed by atoms with Crippen molar-refractivity contribution in [1.82, 2.24) is 0 Å². The van der Waals surface area contributed by atoms with Gasteiger partial charge in [0.2, 0.25) is 5.90 Å². The highest BCUT2D eigenvalue weighted by Gasteiger charge is 2.24. The molecule has 1 aliphatic heterocycles. The first-order valence-corrected chi connectivity index (χ1v) is 9.58. The van der Waals surface area contributed by atoms with E-state index >= 15 is 0 Å². The van der Waals surface area contributed by atoms with E-state index < -0.39 is 5.97 Å². The monoisotopic (exact) mass is 406 g/mol. The molecule has 1 heterocycles. The first kappa shape index (κ1) is 20.9. The average molecular weight is 406 g/mol. The molecule has 0 amide bonds. The second-order valence-corrected chi connectivity index (χ2v) is 6.42. The van der Waals surface area contributed by atoms with E-state index in [4.69, 9.17) is 24.2 Å². The molecule has 154 valence electrons. The van der Waals surface area contributed by atoms with Crippen molar-refractivity contribution in [3.8, 4) is 23.3 Å². The molecule has 0 bridgehead atoms. The van der Waals surface area contributed by atoms with Crippen LogP contribution in [0.15, 0.2) is 53.2 Å². The Kier molecular flexibility index (Phi) is 7.06. The second kappa shape index (κ2) is 10.1. The summed E-state index contributed by atoms with van der Waals surface area (Å²) in [6, 6.07) is 14.3. The van der Waals surface area contributed by atoms with Crippen molar-refractivity contribution >= 4 is 17.9 Å². The van der Waals surface area contributed by atoms with Gasteiger partial charge in [0.05, 0.1) is 13.7 Å². The Morgan fingerprint density at radius 3 is 2.63 bits per heavy atom. The number of methoxy groups -OCH3 is 1. The van der Waals surface area contributed by atoms with E-state index in [2.05, 4.69) is 11.9 Å². The van der Waals surface area contributed by atoms with Gasteiger partial charge in [0.15, 0.2) is 23.8 Å². The van der Waals surface area contributed by atoms with Gasteiger partial charge in [-0.25, -0.2) is 9.79 Å². The lowest BCUT2D eigenvalue weighted by Gasteiger charge is -2.08. The minimum Gasteiger partial charge on any atom is -0.494 e. The van der Waals surface area contributed by atoms with Gasteiger partial charge in [0.1, 0.15) is 11.8 Å². The Morgan fingerprint density at radius 2 is 1.93 bits per heavy atom. The number of benzene rings is 2. The van der Waals surface area contributed by atoms with Gasteiger partial charge in [0, 0.05) is 5.56 Å². The van der Waals surface area contributed by atoms with E-state index in [0.717, 1.165) is 18.6 Å². The molecular weight excluding hydrogens is 384 g/mol. The highest BCUT2D eigenvalue weighted by atomic mass is 16.6. The quantitative estimate of drug-likeness (QED) is 0.353. The molecule has 0 aliphatic carbocycles. The molecule has 0 radical (unpaired) electrons. The number of carbonyl (C=O) groups excluding carboxylic acids is 1. The predicted molar refractivity (Wildman–Crippen MR) is 112 cm³/mol. The lowest BCUT2D eigenvalue weighted by Crippen LogP contribution is -2.05. The number of nitrogens with zero attached hydrogens (tertiary/aromatic N) is 2. The summed E-state index contributed by atoms with van der Waals surface area (Å²) in [6.45, 7) is 2.69. The van der Waals surface area contributed by atoms with Crippen LogP contribution in [-0.2, 0) is 9.53 Å². The molecule has 0 unspecified atom stereocenters. The van der Waals surface area contributed by atoms with Crippen LogP contribution in [0.25, 0.3) is 6.08 Å². The summed E-state index contributed by atoms with van der Waals surface area (Å²) >= 11 is 0. The van der Waals surface area contributed by atoms with Gasteiger partial charge in [-0.2, -0.15) is 5.26 Å². The highest BCUT2D eigenvalue weighted by Crippen LogP contribution is 2.30. The third-order valence-corrected chi connectivity index (χ3v) is 4.27. The van der Waals surface area contributed by atoms with Gasteiger partial charge >= 0.3 is 5.97 Å². The van der Waals surface area contributed by atoms with Crippen LogP contribution in [0.3, 0.4) is 0 Å². The fraction of sp³-hybridized carbons (Fsp3) is 0.261. The van der Waals surface area contributed by atoms with Gasteiger partial charge in [0.25, 0.3) is 0 Å². The van der Waals surface area contributed by atoms with Crippen LogP contribution in [0, 0.1) is 11.3 Å². The van der Waals surface area contributed by atoms with Gasteiger partial charge in [-0.1, -0.05) is 19.4 Å². The molecule has 0 atom stereocenters. The van der Waals surface area contributed by atoms with Crippen molar-refractivity contribution in [3.05, 3.63) is 59.3 Å². The SMILES string of the molecule is CCCCOc1ccc(C2=N/C(=C/c3ccc(OCC#N)c(OC)c3)C(=O)O2)cc1. The maximum absolute atomic E-state index is 12.2. The van der Waals surface area contributed by atoms with E-state index in [1.807, 2.05) is 18.2 Å². The van der Waals surface area contributed by atoms with Crippen LogP contribution in [0.5, 0.6) is 17.2 Å². The number of ether oxygens (including phenoxy) is 4. The molecule has 2 aromatic carbocycles. The number of unbranched alkanes of at least 4 members (excludes halogenated alkanes) is 1. The molecule has 30 heavy (non-hydrogen) atoms. The lowest BCUT2D eigenvalue weighted by atomic mass is 10.1. The second-order valence-electron chi connectivity index (χ2n) is 6.42. The molecule has 7 nitrogen and oxygen atoms in total. The molecule has 0 saturated carbocycles. The van der Waals surface area contributed by atoms with Gasteiger partial charge in [-0.3, -0.25) is 0 Å². The zero-order valence-corrected chi connectivity index (χ0v) is 16.9. The number of cyclic esters (lactones) is 1. The van der Waals surface area contributed by atoms with Crippen LogP contribution in [0.1, 0.15) is 30.9 Å². The van der Waals surface area contributed by atoms with Crippen molar-refractivity contribution in [3.63, 3.8) is 0 Å². The smallest absolute Gasteiger partial charge is 0.363 e. The Bertz CT molecular complexity index is 1000. The van der Waals surface area contributed by atoms with Crippen molar-refractivity contribution in [2.45, 2.75) is 19.8 Å². The van der Waals surface area contributed by atoms with Crippen molar-refractivity contribution < 1.29 is 23.7 Å². The first-order valence-electron chi connectivity index (χ1n) is 9.58. The number of carbonyl (C=O) groups is 1. The largest absolute Gasteiger partial charge is 0.494 e. The highest BCUT2D eigenvalue weighted by molar-refractivity contribution is 6.12. The molecule has 0 saturated heterocycles. The molecule has 0 N–H and O–H groups in total. The zero-order chi connectivity index (χ0) is 21.3. The Morgan fingerprint density at radius 1 is 1.13 bits per heavy atom. The van der Waals surface area contributed by atoms with Gasteiger partial charge in [-0.05, 0) is 54.5 Å². The van der Waals surface area contributed by atoms with Crippen molar-refractivity contribution in [1.29, 1.82) is 5.26 Å². The Balaban J connectivity index is 1.76. The molecule has 0 spiro atoms. The topological polar surface area (TPSA) is 90.1 Å². The third kappa shape index (κ3) is 5.17. The number of aliphatic imine (C=N–C) groups is 1. The normalized spacial score (nSPS) is 14.1. The molecule has 0 fully saturated rings. The van der Waals surface area contributed by atoms with Crippen LogP contribution in [-0.4, -0.2) is 32.2 Å². The van der Waals surface area contributed by atoms with E-state index in [1.54, 1.807) is 36.4 Å². The minimum absolute atomic E-state index is 0.0841. The number of hydrogen-bond donors (Lipinski definition) is 0. The first-order chi connectivity index (χ1) is 14.6. The predicted octanol–water partition coefficient (Wildman–Crippen LogP) is 4.12. The Labute approximate surface area is 175 Å². The zero-order valence-electron chi connectivity index (χ0n) is 16.9. The summed E-state index contributed by atoms with van der Waals surface area (Å²) in [5.74, 6) is 1.37. The number of rotatable bonds is 9. The summed E-state index contributed by atoms with van der Waals surface area (Å²) in [5, 5.41) is 8.65. The fourth-order valence-electron chi connectivity index (χ4n) is 2.72. The third-order valence-electron chi connectivity index (χ3n) is 4.27. The average Bonchev–Trinajstić information content (AvgIpc) is 3.13. The number of nitriles is 1. The van der Waals surface area contributed by atoms with E-state index in [9.17, 15) is 4.79 Å². The Hall–Kier alpha value is -3.79. The minimum atomic E-state index is -0.531. The molecule has 2 aromatic rings. The van der Waals surface area contributed by atoms with E-state index in [-0.39, 0.29) is 18.2 Å².